The summed E-state index contributed by atoms with van der Waals surface area (Å²) in [6.07, 6.45) is 3.62. The topological polar surface area (TPSA) is 49.6 Å². The van der Waals surface area contributed by atoms with Crippen molar-refractivity contribution in [2.45, 2.75) is 0 Å². The van der Waals surface area contributed by atoms with Gasteiger partial charge in [-0.15, -0.1) is 0 Å². The summed E-state index contributed by atoms with van der Waals surface area (Å²) in [6, 6.07) is 12.1. The Morgan fingerprint density at radius 3 is 2.50 bits per heavy atom. The fourth-order valence-electron chi connectivity index (χ4n) is 1.70. The molecule has 16 heavy (non-hydrogen) atoms. The molecular weight excluding hydrogens is 198 g/mol. The summed E-state index contributed by atoms with van der Waals surface area (Å²) >= 11 is 0. The van der Waals surface area contributed by atoms with Crippen molar-refractivity contribution in [1.82, 2.24) is 9.97 Å². The number of rotatable bonds is 0. The summed E-state index contributed by atoms with van der Waals surface area (Å²) in [6.45, 7) is 3.50. The summed E-state index contributed by atoms with van der Waals surface area (Å²) in [5, 5.41) is 8.78. The summed E-state index contributed by atoms with van der Waals surface area (Å²) < 4.78 is 0. The zero-order valence-corrected chi connectivity index (χ0v) is 8.54. The van der Waals surface area contributed by atoms with E-state index in [1.165, 1.54) is 0 Å². The predicted molar refractivity (Wildman–Crippen MR) is 63.7 cm³/mol. The molecule has 0 aliphatic heterocycles. The van der Waals surface area contributed by atoms with E-state index < -0.39 is 0 Å². The molecule has 0 N–H and O–H groups in total. The molecular formula is C13H9N3. The number of fused-ring (bicyclic) bond motifs is 3. The molecule has 0 radical (unpaired) electrons. The molecule has 0 spiro atoms. The highest BCUT2D eigenvalue weighted by Crippen LogP contribution is 2.20. The van der Waals surface area contributed by atoms with E-state index in [-0.39, 0.29) is 0 Å². The quantitative estimate of drug-likeness (QED) is 0.532. The molecule has 0 fully saturated rings. The molecule has 76 valence electrons. The molecule has 1 aromatic carbocycles. The van der Waals surface area contributed by atoms with Crippen LogP contribution < -0.4 is 0 Å². The first-order valence-corrected chi connectivity index (χ1v) is 4.79. The Labute approximate surface area is 93.0 Å². The number of nitrogens with zero attached hydrogens (tertiary/aromatic N) is 3. The zero-order chi connectivity index (χ0) is 11.4. The normalized spacial score (nSPS) is 9.62. The number of nitriles is 1. The van der Waals surface area contributed by atoms with E-state index in [4.69, 9.17) is 5.26 Å². The van der Waals surface area contributed by atoms with Crippen LogP contribution >= 0.6 is 0 Å². The van der Waals surface area contributed by atoms with Crippen molar-refractivity contribution in [2.24, 2.45) is 0 Å². The summed E-state index contributed by atoms with van der Waals surface area (Å²) in [5.41, 5.74) is 2.02. The molecule has 0 saturated carbocycles. The largest absolute Gasteiger partial charge is 0.256 e. The highest BCUT2D eigenvalue weighted by molar-refractivity contribution is 6.03. The van der Waals surface area contributed by atoms with Crippen molar-refractivity contribution in [3.05, 3.63) is 48.8 Å². The molecule has 0 aliphatic rings. The average molecular weight is 207 g/mol. The van der Waals surface area contributed by atoms with Gasteiger partial charge in [0.05, 0.1) is 11.0 Å². The fourth-order valence-corrected chi connectivity index (χ4v) is 1.70. The maximum absolute atomic E-state index is 6.50. The second-order valence-electron chi connectivity index (χ2n) is 3.21. The molecule has 3 rings (SSSR count). The Bertz CT molecular complexity index is 589. The first-order valence-electron chi connectivity index (χ1n) is 4.79. The summed E-state index contributed by atoms with van der Waals surface area (Å²) in [5.74, 6) is 0. The molecule has 0 aliphatic carbocycles. The van der Waals surface area contributed by atoms with E-state index in [0.717, 1.165) is 21.8 Å². The number of benzene rings is 1. The Kier molecular flexibility index (Phi) is 2.75. The number of hydrogen-bond acceptors (Lipinski definition) is 3. The van der Waals surface area contributed by atoms with Gasteiger partial charge in [0.2, 0.25) is 0 Å². The van der Waals surface area contributed by atoms with Gasteiger partial charge in [0.15, 0.2) is 0 Å². The van der Waals surface area contributed by atoms with Gasteiger partial charge in [0.1, 0.15) is 0 Å². The van der Waals surface area contributed by atoms with Crippen LogP contribution in [0.5, 0.6) is 0 Å². The molecule has 0 amide bonds. The molecule has 3 aromatic rings. The third kappa shape index (κ3) is 1.57. The lowest BCUT2D eigenvalue weighted by Gasteiger charge is -2.00. The maximum Gasteiger partial charge on any atom is 0.0795 e. The number of aromatic nitrogens is 2. The van der Waals surface area contributed by atoms with Gasteiger partial charge in [-0.3, -0.25) is 9.97 Å². The lowest BCUT2D eigenvalue weighted by molar-refractivity contribution is 1.39. The SMILES string of the molecule is C#N.c1cnc2c(c1)ccc1ncccc12. The van der Waals surface area contributed by atoms with E-state index >= 15 is 0 Å². The second-order valence-corrected chi connectivity index (χ2v) is 3.21. The van der Waals surface area contributed by atoms with Gasteiger partial charge in [0.25, 0.3) is 0 Å². The molecule has 0 saturated heterocycles. The van der Waals surface area contributed by atoms with Crippen LogP contribution in [0.25, 0.3) is 21.8 Å². The average Bonchev–Trinajstić information content (AvgIpc) is 2.41. The third-order valence-corrected chi connectivity index (χ3v) is 2.35. The van der Waals surface area contributed by atoms with Gasteiger partial charge < -0.3 is 0 Å². The summed E-state index contributed by atoms with van der Waals surface area (Å²) in [7, 11) is 0. The minimum Gasteiger partial charge on any atom is -0.256 e. The molecule has 2 aromatic heterocycles. The predicted octanol–water partition coefficient (Wildman–Crippen LogP) is 2.92. The minimum atomic E-state index is 0.999. The molecule has 3 nitrogen and oxygen atoms in total. The van der Waals surface area contributed by atoms with Crippen LogP contribution in [0.2, 0.25) is 0 Å². The first kappa shape index (κ1) is 10.1. The Balaban J connectivity index is 0.000000457. The lowest BCUT2D eigenvalue weighted by atomic mass is 10.1. The monoisotopic (exact) mass is 207 g/mol. The Morgan fingerprint density at radius 2 is 1.62 bits per heavy atom. The first-order chi connectivity index (χ1) is 7.95. The van der Waals surface area contributed by atoms with Gasteiger partial charge in [-0.05, 0) is 24.3 Å². The number of hydrogen-bond donors (Lipinski definition) is 0. The minimum absolute atomic E-state index is 0.999. The Morgan fingerprint density at radius 1 is 0.875 bits per heavy atom. The lowest BCUT2D eigenvalue weighted by Crippen LogP contribution is -1.82. The third-order valence-electron chi connectivity index (χ3n) is 2.35. The molecule has 0 atom stereocenters. The zero-order valence-electron chi connectivity index (χ0n) is 8.54. The van der Waals surface area contributed by atoms with Gasteiger partial charge in [-0.2, -0.15) is 0 Å². The number of pyridine rings is 2. The maximum atomic E-state index is 6.50. The Hall–Kier alpha value is -2.47. The molecule has 2 heterocycles. The highest BCUT2D eigenvalue weighted by atomic mass is 14.7. The van der Waals surface area contributed by atoms with E-state index in [2.05, 4.69) is 34.7 Å². The van der Waals surface area contributed by atoms with Crippen LogP contribution in [0.1, 0.15) is 0 Å². The van der Waals surface area contributed by atoms with E-state index in [1.54, 1.807) is 6.20 Å². The van der Waals surface area contributed by atoms with Crippen LogP contribution in [-0.2, 0) is 0 Å². The highest BCUT2D eigenvalue weighted by Gasteiger charge is 1.99. The van der Waals surface area contributed by atoms with Crippen LogP contribution in [0.3, 0.4) is 0 Å². The van der Waals surface area contributed by atoms with Gasteiger partial charge >= 0.3 is 0 Å². The van der Waals surface area contributed by atoms with Crippen molar-refractivity contribution in [3.63, 3.8) is 0 Å². The van der Waals surface area contributed by atoms with Crippen molar-refractivity contribution < 1.29 is 0 Å². The molecule has 0 unspecified atom stereocenters. The van der Waals surface area contributed by atoms with Crippen LogP contribution in [0, 0.1) is 11.8 Å². The van der Waals surface area contributed by atoms with E-state index in [1.807, 2.05) is 24.4 Å². The fraction of sp³-hybridized carbons (Fsp3) is 0. The van der Waals surface area contributed by atoms with Gasteiger partial charge in [-0.25, -0.2) is 5.26 Å². The molecule has 3 heteroatoms. The second kappa shape index (κ2) is 4.37. The van der Waals surface area contributed by atoms with Gasteiger partial charge in [-0.1, -0.05) is 12.1 Å². The smallest absolute Gasteiger partial charge is 0.0795 e. The van der Waals surface area contributed by atoms with Crippen LogP contribution in [0.15, 0.2) is 48.8 Å². The van der Waals surface area contributed by atoms with E-state index in [9.17, 15) is 0 Å². The van der Waals surface area contributed by atoms with Crippen molar-refractivity contribution in [2.75, 3.05) is 0 Å². The van der Waals surface area contributed by atoms with Crippen molar-refractivity contribution in [1.29, 1.82) is 5.26 Å². The van der Waals surface area contributed by atoms with Crippen molar-refractivity contribution in [3.8, 4) is 6.57 Å². The standard InChI is InChI=1S/C12H8N2.CHN/c1-3-9-5-6-11-10(4-2-7-13-11)12(9)14-8-1;1-2/h1-8H;1H. The summed E-state index contributed by atoms with van der Waals surface area (Å²) in [4.78, 5) is 8.66. The van der Waals surface area contributed by atoms with Gasteiger partial charge in [0, 0.05) is 29.7 Å². The van der Waals surface area contributed by atoms with Crippen LogP contribution in [0.4, 0.5) is 0 Å². The van der Waals surface area contributed by atoms with E-state index in [0.29, 0.717) is 0 Å². The van der Waals surface area contributed by atoms with Crippen LogP contribution in [-0.4, -0.2) is 9.97 Å². The van der Waals surface area contributed by atoms with Crippen molar-refractivity contribution >= 4 is 21.8 Å². The molecule has 0 bridgehead atoms.